The zero-order valence-corrected chi connectivity index (χ0v) is 11.2. The van der Waals surface area contributed by atoms with Crippen molar-refractivity contribution in [2.45, 2.75) is 38.6 Å². The van der Waals surface area contributed by atoms with Crippen LogP contribution in [0.5, 0.6) is 0 Å². The van der Waals surface area contributed by atoms with E-state index >= 15 is 0 Å². The van der Waals surface area contributed by atoms with E-state index in [1.165, 1.54) is 0 Å². The molecule has 1 heterocycles. The molecule has 1 saturated heterocycles. The largest absolute Gasteiger partial charge is 0.466 e. The molecule has 5 heteroatoms. The monoisotopic (exact) mass is 245 g/mol. The lowest BCUT2D eigenvalue weighted by Crippen LogP contribution is -2.23. The summed E-state index contributed by atoms with van der Waals surface area (Å²) in [6.07, 6.45) is 1.16. The first-order valence-corrected chi connectivity index (χ1v) is 6.01. The van der Waals surface area contributed by atoms with Crippen LogP contribution >= 0.6 is 0 Å². The lowest BCUT2D eigenvalue weighted by Gasteiger charge is -2.17. The zero-order valence-electron chi connectivity index (χ0n) is 11.2. The van der Waals surface area contributed by atoms with Gasteiger partial charge in [-0.3, -0.25) is 4.79 Å². The summed E-state index contributed by atoms with van der Waals surface area (Å²) in [5, 5.41) is 0. The number of carbonyl (C=O) groups is 1. The maximum atomic E-state index is 11.3. The van der Waals surface area contributed by atoms with Crippen molar-refractivity contribution in [3.8, 4) is 0 Å². The Balaban J connectivity index is 2.06. The molecule has 1 aliphatic rings. The van der Waals surface area contributed by atoms with Crippen LogP contribution in [0.15, 0.2) is 0 Å². The third kappa shape index (κ3) is 6.00. The quantitative estimate of drug-likeness (QED) is 0.654. The fourth-order valence-electron chi connectivity index (χ4n) is 1.60. The van der Waals surface area contributed by atoms with E-state index in [4.69, 9.17) is 14.2 Å². The van der Waals surface area contributed by atoms with Gasteiger partial charge in [0.1, 0.15) is 0 Å². The van der Waals surface area contributed by atoms with E-state index in [1.54, 1.807) is 0 Å². The van der Waals surface area contributed by atoms with Gasteiger partial charge in [0.25, 0.3) is 0 Å². The molecule has 0 radical (unpaired) electrons. The lowest BCUT2D eigenvalue weighted by atomic mass is 10.3. The van der Waals surface area contributed by atoms with Gasteiger partial charge in [-0.1, -0.05) is 0 Å². The molecule has 0 N–H and O–H groups in total. The average Bonchev–Trinajstić information content (AvgIpc) is 2.55. The van der Waals surface area contributed by atoms with Gasteiger partial charge in [-0.05, 0) is 27.9 Å². The predicted molar refractivity (Wildman–Crippen MR) is 63.7 cm³/mol. The van der Waals surface area contributed by atoms with Crippen LogP contribution in [0.3, 0.4) is 0 Å². The predicted octanol–water partition coefficient (Wildman–Crippen LogP) is 1.02. The van der Waals surface area contributed by atoms with E-state index in [1.807, 2.05) is 32.8 Å². The van der Waals surface area contributed by atoms with Crippen molar-refractivity contribution < 1.29 is 19.0 Å². The maximum Gasteiger partial charge on any atom is 0.307 e. The van der Waals surface area contributed by atoms with E-state index in [2.05, 4.69) is 0 Å². The van der Waals surface area contributed by atoms with Crippen molar-refractivity contribution >= 4 is 5.97 Å². The molecule has 1 aliphatic heterocycles. The molecular formula is C12H23NO4. The highest BCUT2D eigenvalue weighted by atomic mass is 16.7. The molecule has 0 saturated carbocycles. The highest BCUT2D eigenvalue weighted by molar-refractivity contribution is 5.69. The average molecular weight is 245 g/mol. The molecule has 1 atom stereocenters. The Morgan fingerprint density at radius 2 is 2.18 bits per heavy atom. The second-order valence-corrected chi connectivity index (χ2v) is 5.01. The molecule has 0 spiro atoms. The second kappa shape index (κ2) is 6.33. The minimum atomic E-state index is -0.500. The Morgan fingerprint density at radius 3 is 2.71 bits per heavy atom. The first-order valence-electron chi connectivity index (χ1n) is 6.01. The molecule has 5 nitrogen and oxygen atoms in total. The van der Waals surface area contributed by atoms with Crippen molar-refractivity contribution in [3.05, 3.63) is 0 Å². The Morgan fingerprint density at radius 1 is 1.47 bits per heavy atom. The summed E-state index contributed by atoms with van der Waals surface area (Å²) in [6, 6.07) is 0. The van der Waals surface area contributed by atoms with Gasteiger partial charge in [-0.25, -0.2) is 0 Å². The summed E-state index contributed by atoms with van der Waals surface area (Å²) < 4.78 is 16.1. The van der Waals surface area contributed by atoms with E-state index in [9.17, 15) is 4.79 Å². The summed E-state index contributed by atoms with van der Waals surface area (Å²) in [6.45, 7) is 5.46. The zero-order chi connectivity index (χ0) is 12.9. The molecule has 0 bridgehead atoms. The van der Waals surface area contributed by atoms with Crippen LogP contribution in [0.25, 0.3) is 0 Å². The van der Waals surface area contributed by atoms with Gasteiger partial charge in [-0.15, -0.1) is 0 Å². The Labute approximate surface area is 103 Å². The summed E-state index contributed by atoms with van der Waals surface area (Å²) in [7, 11) is 3.86. The molecule has 100 valence electrons. The normalized spacial score (nSPS) is 23.0. The topological polar surface area (TPSA) is 48.0 Å². The molecular weight excluding hydrogens is 222 g/mol. The summed E-state index contributed by atoms with van der Waals surface area (Å²) in [4.78, 5) is 13.3. The first-order chi connectivity index (χ1) is 7.89. The van der Waals surface area contributed by atoms with E-state index in [0.717, 1.165) is 6.54 Å². The number of hydrogen-bond donors (Lipinski definition) is 0. The summed E-state index contributed by atoms with van der Waals surface area (Å²) in [5.41, 5.74) is 0. The number of esters is 1. The SMILES string of the molecule is CN(C)CCC(=O)OCCC1COC(C)(C)O1. The molecule has 0 aromatic heterocycles. The highest BCUT2D eigenvalue weighted by Crippen LogP contribution is 2.23. The number of carbonyl (C=O) groups excluding carboxylic acids is 1. The fraction of sp³-hybridized carbons (Fsp3) is 0.917. The molecule has 1 fully saturated rings. The molecule has 17 heavy (non-hydrogen) atoms. The lowest BCUT2D eigenvalue weighted by molar-refractivity contribution is -0.148. The smallest absolute Gasteiger partial charge is 0.307 e. The first kappa shape index (κ1) is 14.4. The molecule has 0 amide bonds. The molecule has 1 unspecified atom stereocenters. The van der Waals surface area contributed by atoms with Crippen LogP contribution < -0.4 is 0 Å². The van der Waals surface area contributed by atoms with E-state index in [-0.39, 0.29) is 12.1 Å². The highest BCUT2D eigenvalue weighted by Gasteiger charge is 2.32. The minimum absolute atomic E-state index is 0.0339. The van der Waals surface area contributed by atoms with Crippen LogP contribution in [0.2, 0.25) is 0 Å². The van der Waals surface area contributed by atoms with Crippen LogP contribution in [-0.2, 0) is 19.0 Å². The van der Waals surface area contributed by atoms with Crippen molar-refractivity contribution in [1.82, 2.24) is 4.90 Å². The third-order valence-electron chi connectivity index (χ3n) is 2.53. The van der Waals surface area contributed by atoms with Gasteiger partial charge >= 0.3 is 5.97 Å². The Hall–Kier alpha value is -0.650. The third-order valence-corrected chi connectivity index (χ3v) is 2.53. The summed E-state index contributed by atoms with van der Waals surface area (Å²) >= 11 is 0. The summed E-state index contributed by atoms with van der Waals surface area (Å²) in [5.74, 6) is -0.656. The van der Waals surface area contributed by atoms with Crippen LogP contribution in [0.4, 0.5) is 0 Å². The number of rotatable bonds is 6. The van der Waals surface area contributed by atoms with Crippen molar-refractivity contribution in [2.75, 3.05) is 33.9 Å². The van der Waals surface area contributed by atoms with Crippen LogP contribution in [0.1, 0.15) is 26.7 Å². The molecule has 0 aromatic rings. The van der Waals surface area contributed by atoms with Crippen LogP contribution in [0, 0.1) is 0 Å². The standard InChI is InChI=1S/C12H23NO4/c1-12(2)16-9-10(17-12)6-8-15-11(14)5-7-13(3)4/h10H,5-9H2,1-4H3. The Bertz CT molecular complexity index is 253. The molecule has 1 rings (SSSR count). The molecule has 0 aromatic carbocycles. The van der Waals surface area contributed by atoms with Gasteiger partial charge in [0, 0.05) is 13.0 Å². The molecule has 0 aliphatic carbocycles. The Kier molecular flexibility index (Phi) is 5.36. The maximum absolute atomic E-state index is 11.3. The number of nitrogens with zero attached hydrogens (tertiary/aromatic N) is 1. The van der Waals surface area contributed by atoms with Crippen molar-refractivity contribution in [2.24, 2.45) is 0 Å². The van der Waals surface area contributed by atoms with Gasteiger partial charge in [0.05, 0.1) is 25.7 Å². The minimum Gasteiger partial charge on any atom is -0.466 e. The van der Waals surface area contributed by atoms with Gasteiger partial charge in [0.15, 0.2) is 5.79 Å². The van der Waals surface area contributed by atoms with Gasteiger partial charge in [0.2, 0.25) is 0 Å². The van der Waals surface area contributed by atoms with Gasteiger partial charge in [-0.2, -0.15) is 0 Å². The van der Waals surface area contributed by atoms with Crippen molar-refractivity contribution in [3.63, 3.8) is 0 Å². The van der Waals surface area contributed by atoms with E-state index in [0.29, 0.717) is 26.1 Å². The fourth-order valence-corrected chi connectivity index (χ4v) is 1.60. The van der Waals surface area contributed by atoms with Crippen molar-refractivity contribution in [1.29, 1.82) is 0 Å². The second-order valence-electron chi connectivity index (χ2n) is 5.01. The van der Waals surface area contributed by atoms with E-state index < -0.39 is 5.79 Å². The van der Waals surface area contributed by atoms with Crippen LogP contribution in [-0.4, -0.2) is 56.6 Å². The number of ether oxygens (including phenoxy) is 3. The van der Waals surface area contributed by atoms with Gasteiger partial charge < -0.3 is 19.1 Å². The number of hydrogen-bond acceptors (Lipinski definition) is 5.